The molecule has 1 aliphatic heterocycles. The van der Waals surface area contributed by atoms with Crippen LogP contribution in [0.5, 0.6) is 0 Å². The molecule has 0 saturated heterocycles. The number of cyclic esters (lactones) is 1. The Bertz CT molecular complexity index is 1040. The van der Waals surface area contributed by atoms with Crippen LogP contribution in [0.4, 0.5) is 5.69 Å². The number of non-ortho nitro benzene ring substituents is 1. The molecule has 8 nitrogen and oxygen atoms in total. The van der Waals surface area contributed by atoms with Crippen LogP contribution in [-0.4, -0.2) is 16.8 Å². The number of nitro benzene ring substituents is 1. The largest absolute Gasteiger partial charge is 0.459 e. The first-order chi connectivity index (χ1) is 12.6. The fourth-order valence-corrected chi connectivity index (χ4v) is 2.38. The number of benzene rings is 1. The first kappa shape index (κ1) is 15.6. The van der Waals surface area contributed by atoms with E-state index in [9.17, 15) is 14.9 Å². The average molecular weight is 350 g/mol. The van der Waals surface area contributed by atoms with Crippen LogP contribution in [0.3, 0.4) is 0 Å². The van der Waals surface area contributed by atoms with Gasteiger partial charge in [0.1, 0.15) is 11.5 Å². The molecule has 3 heterocycles. The number of carbonyl (C=O) groups excluding carboxylic acids is 1. The van der Waals surface area contributed by atoms with Crippen LogP contribution in [0.15, 0.2) is 74.3 Å². The zero-order chi connectivity index (χ0) is 18.1. The molecule has 0 amide bonds. The van der Waals surface area contributed by atoms with Gasteiger partial charge in [0.25, 0.3) is 11.6 Å². The molecular formula is C18H10N2O6. The lowest BCUT2D eigenvalue weighted by Gasteiger charge is -1.96. The maximum atomic E-state index is 11.9. The van der Waals surface area contributed by atoms with Gasteiger partial charge in [-0.15, -0.1) is 0 Å². The molecule has 3 aromatic rings. The van der Waals surface area contributed by atoms with Gasteiger partial charge in [0.2, 0.25) is 0 Å². The van der Waals surface area contributed by atoms with E-state index in [1.54, 1.807) is 36.4 Å². The summed E-state index contributed by atoms with van der Waals surface area (Å²) in [4.78, 5) is 26.2. The molecule has 0 bridgehead atoms. The van der Waals surface area contributed by atoms with E-state index in [2.05, 4.69) is 4.99 Å². The third kappa shape index (κ3) is 2.91. The first-order valence-corrected chi connectivity index (χ1v) is 7.51. The Hall–Kier alpha value is -3.94. The molecule has 2 aromatic heterocycles. The zero-order valence-corrected chi connectivity index (χ0v) is 13.1. The second kappa shape index (κ2) is 6.17. The number of nitrogens with zero attached hydrogens (tertiary/aromatic N) is 2. The number of ether oxygens (including phenoxy) is 1. The third-order valence-electron chi connectivity index (χ3n) is 3.62. The van der Waals surface area contributed by atoms with E-state index in [0.717, 1.165) is 0 Å². The highest BCUT2D eigenvalue weighted by Gasteiger charge is 2.26. The summed E-state index contributed by atoms with van der Waals surface area (Å²) in [6.07, 6.45) is 2.91. The van der Waals surface area contributed by atoms with Crippen LogP contribution in [0, 0.1) is 10.1 Å². The number of carbonyl (C=O) groups is 1. The van der Waals surface area contributed by atoms with Crippen molar-refractivity contribution >= 4 is 23.6 Å². The Balaban J connectivity index is 1.59. The monoisotopic (exact) mass is 350 g/mol. The van der Waals surface area contributed by atoms with Crippen LogP contribution in [-0.2, 0) is 9.53 Å². The highest BCUT2D eigenvalue weighted by molar-refractivity contribution is 6.11. The number of rotatable bonds is 4. The molecule has 1 aromatic carbocycles. The molecule has 0 fully saturated rings. The van der Waals surface area contributed by atoms with E-state index in [1.807, 2.05) is 0 Å². The Morgan fingerprint density at radius 3 is 2.54 bits per heavy atom. The lowest BCUT2D eigenvalue weighted by atomic mass is 10.1. The van der Waals surface area contributed by atoms with Gasteiger partial charge in [-0.2, -0.15) is 0 Å². The molecule has 0 spiro atoms. The maximum absolute atomic E-state index is 11.9. The van der Waals surface area contributed by atoms with E-state index in [0.29, 0.717) is 22.8 Å². The van der Waals surface area contributed by atoms with E-state index in [4.69, 9.17) is 13.6 Å². The van der Waals surface area contributed by atoms with Gasteiger partial charge in [-0.25, -0.2) is 9.79 Å². The van der Waals surface area contributed by atoms with Crippen molar-refractivity contribution in [2.75, 3.05) is 0 Å². The molecule has 0 atom stereocenters. The van der Waals surface area contributed by atoms with Gasteiger partial charge in [0.05, 0.1) is 11.2 Å². The maximum Gasteiger partial charge on any atom is 0.364 e. The topological polar surface area (TPSA) is 108 Å². The highest BCUT2D eigenvalue weighted by atomic mass is 16.6. The predicted octanol–water partition coefficient (Wildman–Crippen LogP) is 3.79. The van der Waals surface area contributed by atoms with Crippen molar-refractivity contribution in [3.8, 4) is 11.3 Å². The first-order valence-electron chi connectivity index (χ1n) is 7.51. The molecule has 0 saturated carbocycles. The number of esters is 1. The van der Waals surface area contributed by atoms with Crippen molar-refractivity contribution in [1.82, 2.24) is 0 Å². The van der Waals surface area contributed by atoms with Crippen LogP contribution in [0.2, 0.25) is 0 Å². The van der Waals surface area contributed by atoms with Crippen LogP contribution in [0.25, 0.3) is 17.4 Å². The molecule has 0 aliphatic carbocycles. The quantitative estimate of drug-likeness (QED) is 0.306. The van der Waals surface area contributed by atoms with E-state index < -0.39 is 10.9 Å². The summed E-state index contributed by atoms with van der Waals surface area (Å²) >= 11 is 0. The number of aliphatic imine (C=N–C) groups is 1. The Labute approximate surface area is 146 Å². The lowest BCUT2D eigenvalue weighted by Crippen LogP contribution is -2.04. The highest BCUT2D eigenvalue weighted by Crippen LogP contribution is 2.26. The molecule has 0 radical (unpaired) electrons. The van der Waals surface area contributed by atoms with Crippen LogP contribution in [0.1, 0.15) is 11.5 Å². The molecule has 4 rings (SSSR count). The zero-order valence-electron chi connectivity index (χ0n) is 13.1. The van der Waals surface area contributed by atoms with Gasteiger partial charge in [-0.05, 0) is 36.4 Å². The van der Waals surface area contributed by atoms with Gasteiger partial charge in [-0.1, -0.05) is 0 Å². The van der Waals surface area contributed by atoms with Gasteiger partial charge < -0.3 is 13.6 Å². The van der Waals surface area contributed by atoms with Crippen molar-refractivity contribution in [3.63, 3.8) is 0 Å². The summed E-state index contributed by atoms with van der Waals surface area (Å²) in [5.74, 6) is 0.744. The molecule has 0 unspecified atom stereocenters. The second-order valence-electron chi connectivity index (χ2n) is 5.32. The summed E-state index contributed by atoms with van der Waals surface area (Å²) in [5, 5.41) is 10.7. The van der Waals surface area contributed by atoms with E-state index >= 15 is 0 Å². The van der Waals surface area contributed by atoms with Crippen molar-refractivity contribution < 1.29 is 23.3 Å². The summed E-state index contributed by atoms with van der Waals surface area (Å²) < 4.78 is 15.9. The summed E-state index contributed by atoms with van der Waals surface area (Å²) in [6.45, 7) is 0. The minimum Gasteiger partial charge on any atom is -0.459 e. The standard InChI is InChI=1S/C18H10N2O6/c21-18-14(19-17(26-18)16-2-1-9-24-16)10-13-7-8-15(25-13)11-3-5-12(6-4-11)20(22)23/h1-10H. The molecule has 1 aliphatic rings. The lowest BCUT2D eigenvalue weighted by molar-refractivity contribution is -0.384. The minimum absolute atomic E-state index is 0.00357. The summed E-state index contributed by atoms with van der Waals surface area (Å²) in [6, 6.07) is 12.6. The van der Waals surface area contributed by atoms with Crippen molar-refractivity contribution in [2.45, 2.75) is 0 Å². The van der Waals surface area contributed by atoms with Crippen LogP contribution < -0.4 is 0 Å². The molecule has 128 valence electrons. The number of nitro groups is 1. The van der Waals surface area contributed by atoms with Crippen molar-refractivity contribution in [3.05, 3.63) is 82.1 Å². The predicted molar refractivity (Wildman–Crippen MR) is 90.1 cm³/mol. The Morgan fingerprint density at radius 1 is 1.04 bits per heavy atom. The Morgan fingerprint density at radius 2 is 1.85 bits per heavy atom. The summed E-state index contributed by atoms with van der Waals surface area (Å²) in [5.41, 5.74) is 0.756. The average Bonchev–Trinajstić information content (AvgIpc) is 3.37. The Kier molecular flexibility index (Phi) is 3.70. The molecular weight excluding hydrogens is 340 g/mol. The minimum atomic E-state index is -0.607. The van der Waals surface area contributed by atoms with Gasteiger partial charge in [0, 0.05) is 23.8 Å². The van der Waals surface area contributed by atoms with Crippen molar-refractivity contribution in [1.29, 1.82) is 0 Å². The van der Waals surface area contributed by atoms with E-state index in [-0.39, 0.29) is 17.3 Å². The SMILES string of the molecule is O=C1OC(c2ccco2)=NC1=Cc1ccc(-c2ccc([N+](=O)[O-])cc2)o1. The third-order valence-corrected chi connectivity index (χ3v) is 3.62. The fraction of sp³-hybridized carbons (Fsp3) is 0. The second-order valence-corrected chi connectivity index (χ2v) is 5.32. The molecule has 26 heavy (non-hydrogen) atoms. The smallest absolute Gasteiger partial charge is 0.364 e. The molecule has 0 N–H and O–H groups in total. The number of hydrogen-bond donors (Lipinski definition) is 0. The number of hydrogen-bond acceptors (Lipinski definition) is 7. The van der Waals surface area contributed by atoms with Gasteiger partial charge >= 0.3 is 5.97 Å². The summed E-state index contributed by atoms with van der Waals surface area (Å²) in [7, 11) is 0. The number of furan rings is 2. The van der Waals surface area contributed by atoms with Gasteiger partial charge in [0.15, 0.2) is 11.5 Å². The fourth-order valence-electron chi connectivity index (χ4n) is 2.38. The normalized spacial score (nSPS) is 15.2. The molecule has 8 heteroatoms. The van der Waals surface area contributed by atoms with Crippen molar-refractivity contribution in [2.24, 2.45) is 4.99 Å². The van der Waals surface area contributed by atoms with E-state index in [1.165, 1.54) is 24.5 Å². The van der Waals surface area contributed by atoms with Gasteiger partial charge in [-0.3, -0.25) is 10.1 Å². The van der Waals surface area contributed by atoms with Crippen LogP contribution >= 0.6 is 0 Å².